The lowest BCUT2D eigenvalue weighted by atomic mass is 10.2. The molecule has 1 amide bonds. The van der Waals surface area contributed by atoms with Crippen molar-refractivity contribution in [1.29, 1.82) is 0 Å². The average Bonchev–Trinajstić information content (AvgIpc) is 2.74. The van der Waals surface area contributed by atoms with Gasteiger partial charge in [-0.25, -0.2) is 0 Å². The number of nitrogens with one attached hydrogen (secondary N) is 1. The number of halogens is 1. The fraction of sp³-hybridized carbons (Fsp3) is 0.154. The van der Waals surface area contributed by atoms with E-state index in [1.54, 1.807) is 0 Å². The van der Waals surface area contributed by atoms with Gasteiger partial charge in [0.2, 0.25) is 0 Å². The largest absolute Gasteiger partial charge is 0.347 e. The molecular formula is C13H12BrNOS. The lowest BCUT2D eigenvalue weighted by Crippen LogP contribution is -2.22. The summed E-state index contributed by atoms with van der Waals surface area (Å²) in [6, 6.07) is 9.88. The van der Waals surface area contributed by atoms with Crippen molar-refractivity contribution < 1.29 is 4.79 Å². The Kier molecular flexibility index (Phi) is 3.97. The topological polar surface area (TPSA) is 29.1 Å². The van der Waals surface area contributed by atoms with E-state index in [9.17, 15) is 4.79 Å². The third kappa shape index (κ3) is 3.17. The summed E-state index contributed by atoms with van der Waals surface area (Å²) >= 11 is 4.86. The van der Waals surface area contributed by atoms with E-state index in [0.717, 1.165) is 20.5 Å². The number of thiophene rings is 1. The van der Waals surface area contributed by atoms with Crippen molar-refractivity contribution >= 4 is 33.2 Å². The van der Waals surface area contributed by atoms with Gasteiger partial charge >= 0.3 is 0 Å². The minimum atomic E-state index is 0.000388. The summed E-state index contributed by atoms with van der Waals surface area (Å²) in [5, 5.41) is 4.85. The minimum absolute atomic E-state index is 0.000388. The van der Waals surface area contributed by atoms with Crippen LogP contribution in [0.15, 0.2) is 40.2 Å². The Balaban J connectivity index is 1.97. The lowest BCUT2D eigenvalue weighted by Gasteiger charge is -2.04. The van der Waals surface area contributed by atoms with Crippen LogP contribution in [0.1, 0.15) is 20.8 Å². The zero-order chi connectivity index (χ0) is 12.3. The predicted molar refractivity (Wildman–Crippen MR) is 74.4 cm³/mol. The van der Waals surface area contributed by atoms with E-state index >= 15 is 0 Å². The van der Waals surface area contributed by atoms with Crippen LogP contribution >= 0.6 is 27.3 Å². The molecule has 1 heterocycles. The van der Waals surface area contributed by atoms with Crippen LogP contribution in [0.3, 0.4) is 0 Å². The molecule has 0 unspecified atom stereocenters. The number of benzene rings is 1. The molecule has 0 aliphatic carbocycles. The quantitative estimate of drug-likeness (QED) is 0.919. The standard InChI is InChI=1S/C13H12BrNOS/c1-9-6-7-17-12(9)13(16)15-8-10-2-4-11(14)5-3-10/h2-7H,8H2,1H3,(H,15,16). The maximum atomic E-state index is 11.9. The van der Waals surface area contributed by atoms with Crippen LogP contribution in [0.5, 0.6) is 0 Å². The van der Waals surface area contributed by atoms with Crippen LogP contribution in [-0.2, 0) is 6.54 Å². The maximum absolute atomic E-state index is 11.9. The van der Waals surface area contributed by atoms with E-state index in [0.29, 0.717) is 6.54 Å². The van der Waals surface area contributed by atoms with E-state index in [2.05, 4.69) is 21.2 Å². The van der Waals surface area contributed by atoms with Gasteiger partial charge in [-0.2, -0.15) is 0 Å². The molecule has 88 valence electrons. The van der Waals surface area contributed by atoms with E-state index in [1.807, 2.05) is 42.6 Å². The number of aryl methyl sites for hydroxylation is 1. The Morgan fingerprint density at radius 3 is 2.59 bits per heavy atom. The van der Waals surface area contributed by atoms with Crippen molar-refractivity contribution in [2.24, 2.45) is 0 Å². The summed E-state index contributed by atoms with van der Waals surface area (Å²) in [6.07, 6.45) is 0. The zero-order valence-electron chi connectivity index (χ0n) is 9.37. The number of rotatable bonds is 3. The number of hydrogen-bond donors (Lipinski definition) is 1. The van der Waals surface area contributed by atoms with E-state index in [1.165, 1.54) is 11.3 Å². The molecule has 0 aliphatic rings. The van der Waals surface area contributed by atoms with Gasteiger partial charge in [0.05, 0.1) is 4.88 Å². The van der Waals surface area contributed by atoms with Crippen LogP contribution in [0.25, 0.3) is 0 Å². The van der Waals surface area contributed by atoms with Gasteiger partial charge in [-0.05, 0) is 41.6 Å². The summed E-state index contributed by atoms with van der Waals surface area (Å²) in [5.74, 6) is 0.000388. The first-order chi connectivity index (χ1) is 8.16. The fourth-order valence-corrected chi connectivity index (χ4v) is 2.58. The van der Waals surface area contributed by atoms with Gasteiger partial charge in [-0.1, -0.05) is 28.1 Å². The second kappa shape index (κ2) is 5.47. The zero-order valence-corrected chi connectivity index (χ0v) is 11.8. The molecule has 2 rings (SSSR count). The van der Waals surface area contributed by atoms with Crippen molar-refractivity contribution in [3.63, 3.8) is 0 Å². The lowest BCUT2D eigenvalue weighted by molar-refractivity contribution is 0.0954. The molecule has 0 saturated carbocycles. The molecule has 0 fully saturated rings. The molecule has 2 nitrogen and oxygen atoms in total. The number of carbonyl (C=O) groups is 1. The number of hydrogen-bond acceptors (Lipinski definition) is 2. The van der Waals surface area contributed by atoms with Crippen molar-refractivity contribution in [2.45, 2.75) is 13.5 Å². The second-order valence-electron chi connectivity index (χ2n) is 3.74. The molecule has 0 atom stereocenters. The summed E-state index contributed by atoms with van der Waals surface area (Å²) in [5.41, 5.74) is 2.12. The third-order valence-corrected chi connectivity index (χ3v) is 3.98. The number of carbonyl (C=O) groups excluding carboxylic acids is 1. The molecule has 0 radical (unpaired) electrons. The Morgan fingerprint density at radius 2 is 2.00 bits per heavy atom. The summed E-state index contributed by atoms with van der Waals surface area (Å²) in [6.45, 7) is 2.51. The van der Waals surface area contributed by atoms with Gasteiger partial charge in [-0.3, -0.25) is 4.79 Å². The molecule has 0 aliphatic heterocycles. The monoisotopic (exact) mass is 309 g/mol. The highest BCUT2D eigenvalue weighted by Gasteiger charge is 2.09. The van der Waals surface area contributed by atoms with E-state index < -0.39 is 0 Å². The van der Waals surface area contributed by atoms with Gasteiger partial charge in [0, 0.05) is 11.0 Å². The van der Waals surface area contributed by atoms with Crippen LogP contribution in [0.2, 0.25) is 0 Å². The molecule has 2 aromatic rings. The normalized spacial score (nSPS) is 10.2. The molecule has 1 N–H and O–H groups in total. The fourth-order valence-electron chi connectivity index (χ4n) is 1.47. The van der Waals surface area contributed by atoms with Gasteiger partial charge in [0.1, 0.15) is 0 Å². The maximum Gasteiger partial charge on any atom is 0.261 e. The molecule has 0 spiro atoms. The molecular weight excluding hydrogens is 298 g/mol. The number of amides is 1. The highest BCUT2D eigenvalue weighted by molar-refractivity contribution is 9.10. The Morgan fingerprint density at radius 1 is 1.29 bits per heavy atom. The molecule has 0 saturated heterocycles. The summed E-state index contributed by atoms with van der Waals surface area (Å²) < 4.78 is 1.04. The Bertz CT molecular complexity index is 518. The SMILES string of the molecule is Cc1ccsc1C(=O)NCc1ccc(Br)cc1. The van der Waals surface area contributed by atoms with Crippen molar-refractivity contribution in [3.8, 4) is 0 Å². The first-order valence-electron chi connectivity index (χ1n) is 5.23. The van der Waals surface area contributed by atoms with Gasteiger partial charge in [0.15, 0.2) is 0 Å². The molecule has 4 heteroatoms. The average molecular weight is 310 g/mol. The second-order valence-corrected chi connectivity index (χ2v) is 5.57. The van der Waals surface area contributed by atoms with Gasteiger partial charge in [0.25, 0.3) is 5.91 Å². The summed E-state index contributed by atoms with van der Waals surface area (Å²) in [7, 11) is 0. The van der Waals surface area contributed by atoms with Gasteiger partial charge in [-0.15, -0.1) is 11.3 Å². The molecule has 1 aromatic carbocycles. The summed E-state index contributed by atoms with van der Waals surface area (Å²) in [4.78, 5) is 12.7. The van der Waals surface area contributed by atoms with Crippen LogP contribution < -0.4 is 5.32 Å². The van der Waals surface area contributed by atoms with Crippen molar-refractivity contribution in [2.75, 3.05) is 0 Å². The predicted octanol–water partition coefficient (Wildman–Crippen LogP) is 3.75. The third-order valence-electron chi connectivity index (χ3n) is 2.43. The van der Waals surface area contributed by atoms with Gasteiger partial charge < -0.3 is 5.32 Å². The van der Waals surface area contributed by atoms with E-state index in [-0.39, 0.29) is 5.91 Å². The van der Waals surface area contributed by atoms with Crippen molar-refractivity contribution in [1.82, 2.24) is 5.32 Å². The van der Waals surface area contributed by atoms with Crippen molar-refractivity contribution in [3.05, 3.63) is 56.2 Å². The molecule has 1 aromatic heterocycles. The van der Waals surface area contributed by atoms with Crippen LogP contribution in [0, 0.1) is 6.92 Å². The smallest absolute Gasteiger partial charge is 0.261 e. The molecule has 0 bridgehead atoms. The van der Waals surface area contributed by atoms with E-state index in [4.69, 9.17) is 0 Å². The first-order valence-corrected chi connectivity index (χ1v) is 6.91. The minimum Gasteiger partial charge on any atom is -0.347 e. The highest BCUT2D eigenvalue weighted by Crippen LogP contribution is 2.15. The molecule has 17 heavy (non-hydrogen) atoms. The first kappa shape index (κ1) is 12.3. The van der Waals surface area contributed by atoms with Crippen LogP contribution in [-0.4, -0.2) is 5.91 Å². The van der Waals surface area contributed by atoms with Crippen LogP contribution in [0.4, 0.5) is 0 Å². The Labute approximate surface area is 113 Å². The highest BCUT2D eigenvalue weighted by atomic mass is 79.9. The Hall–Kier alpha value is -1.13.